The third-order valence-electron chi connectivity index (χ3n) is 7.11. The smallest absolute Gasteiger partial charge is 0.255 e. The van der Waals surface area contributed by atoms with Crippen LogP contribution in [0.5, 0.6) is 0 Å². The fourth-order valence-corrected chi connectivity index (χ4v) is 6.58. The highest BCUT2D eigenvalue weighted by molar-refractivity contribution is 7.89. The van der Waals surface area contributed by atoms with Crippen molar-refractivity contribution in [3.63, 3.8) is 0 Å². The molecule has 3 aromatic rings. The van der Waals surface area contributed by atoms with Gasteiger partial charge in [0.05, 0.1) is 16.3 Å². The molecule has 12 heteroatoms. The molecule has 1 fully saturated rings. The minimum absolute atomic E-state index is 0.0529. The van der Waals surface area contributed by atoms with Crippen LogP contribution >= 0.6 is 34.8 Å². The van der Waals surface area contributed by atoms with Crippen molar-refractivity contribution in [1.29, 1.82) is 0 Å². The summed E-state index contributed by atoms with van der Waals surface area (Å²) in [6.45, 7) is 5.48. The number of hydrogen-bond donors (Lipinski definition) is 2. The maximum absolute atomic E-state index is 13.3. The molecule has 0 atom stereocenters. The lowest BCUT2D eigenvalue weighted by Gasteiger charge is -2.37. The highest BCUT2D eigenvalue weighted by Gasteiger charge is 2.23. The Bertz CT molecular complexity index is 1500. The molecule has 1 amide bonds. The van der Waals surface area contributed by atoms with Crippen LogP contribution in [0, 0.1) is 0 Å². The number of carbonyl (C=O) groups excluding carboxylic acids is 1. The van der Waals surface area contributed by atoms with Crippen LogP contribution in [0.25, 0.3) is 0 Å². The Morgan fingerprint density at radius 2 is 1.67 bits per heavy atom. The van der Waals surface area contributed by atoms with Gasteiger partial charge in [-0.05, 0) is 94.1 Å². The first-order chi connectivity index (χ1) is 20.0. The quantitative estimate of drug-likeness (QED) is 0.269. The lowest BCUT2D eigenvalue weighted by molar-refractivity contribution is 0.102. The van der Waals surface area contributed by atoms with Gasteiger partial charge in [-0.3, -0.25) is 9.69 Å². The number of halogens is 3. The fraction of sp³-hybridized carbons (Fsp3) is 0.367. The van der Waals surface area contributed by atoms with E-state index in [2.05, 4.69) is 38.8 Å². The van der Waals surface area contributed by atoms with Crippen LogP contribution < -0.4 is 14.9 Å². The lowest BCUT2D eigenvalue weighted by atomic mass is 10.1. The summed E-state index contributed by atoms with van der Waals surface area (Å²) in [6.07, 6.45) is 1.49. The molecule has 42 heavy (non-hydrogen) atoms. The van der Waals surface area contributed by atoms with Gasteiger partial charge in [-0.1, -0.05) is 46.9 Å². The second-order valence-corrected chi connectivity index (χ2v) is 13.6. The van der Waals surface area contributed by atoms with Crippen molar-refractivity contribution < 1.29 is 13.2 Å². The van der Waals surface area contributed by atoms with E-state index >= 15 is 0 Å². The van der Waals surface area contributed by atoms with Gasteiger partial charge in [-0.15, -0.1) is 0 Å². The Morgan fingerprint density at radius 1 is 0.929 bits per heavy atom. The van der Waals surface area contributed by atoms with Crippen molar-refractivity contribution in [2.24, 2.45) is 0 Å². The third-order valence-corrected chi connectivity index (χ3v) is 9.39. The summed E-state index contributed by atoms with van der Waals surface area (Å²) in [5, 5.41) is 4.37. The van der Waals surface area contributed by atoms with Gasteiger partial charge in [0, 0.05) is 53.4 Å². The largest absolute Gasteiger partial charge is 0.367 e. The molecule has 0 spiro atoms. The first-order valence-electron chi connectivity index (χ1n) is 13.8. The molecular weight excluding hydrogens is 617 g/mol. The minimum atomic E-state index is -3.88. The minimum Gasteiger partial charge on any atom is -0.367 e. The number of amides is 1. The highest BCUT2D eigenvalue weighted by Crippen LogP contribution is 2.31. The topological polar surface area (TPSA) is 85.0 Å². The Kier molecular flexibility index (Phi) is 11.5. The zero-order valence-electron chi connectivity index (χ0n) is 23.7. The molecule has 0 aliphatic carbocycles. The average Bonchev–Trinajstić information content (AvgIpc) is 2.94. The molecule has 1 aliphatic heterocycles. The molecule has 8 nitrogen and oxygen atoms in total. The normalized spacial score (nSPS) is 14.4. The van der Waals surface area contributed by atoms with Crippen LogP contribution in [0.15, 0.2) is 65.6 Å². The molecule has 0 aromatic heterocycles. The lowest BCUT2D eigenvalue weighted by Crippen LogP contribution is -2.47. The average molecular weight is 653 g/mol. The van der Waals surface area contributed by atoms with Crippen LogP contribution in [-0.2, 0) is 16.4 Å². The second-order valence-electron chi connectivity index (χ2n) is 10.5. The first kappa shape index (κ1) is 32.5. The van der Waals surface area contributed by atoms with E-state index in [0.29, 0.717) is 32.7 Å². The molecule has 4 rings (SSSR count). The maximum atomic E-state index is 13.3. The molecule has 226 valence electrons. The molecule has 1 saturated heterocycles. The summed E-state index contributed by atoms with van der Waals surface area (Å²) in [5.41, 5.74) is 2.36. The van der Waals surface area contributed by atoms with E-state index in [1.54, 1.807) is 54.6 Å². The zero-order chi connectivity index (χ0) is 30.3. The van der Waals surface area contributed by atoms with Gasteiger partial charge in [-0.25, -0.2) is 13.1 Å². The van der Waals surface area contributed by atoms with Gasteiger partial charge >= 0.3 is 0 Å². The van der Waals surface area contributed by atoms with Crippen LogP contribution in [0.3, 0.4) is 0 Å². The van der Waals surface area contributed by atoms with Crippen molar-refractivity contribution in [2.75, 3.05) is 70.1 Å². The Hall–Kier alpha value is -2.37. The summed E-state index contributed by atoms with van der Waals surface area (Å²) in [7, 11) is 0.273. The molecule has 0 saturated carbocycles. The summed E-state index contributed by atoms with van der Waals surface area (Å²) in [4.78, 5) is 20.0. The van der Waals surface area contributed by atoms with E-state index in [4.69, 9.17) is 34.8 Å². The molecule has 0 radical (unpaired) electrons. The van der Waals surface area contributed by atoms with Crippen LogP contribution in [-0.4, -0.2) is 84.0 Å². The van der Waals surface area contributed by atoms with Gasteiger partial charge in [0.2, 0.25) is 10.0 Å². The fourth-order valence-electron chi connectivity index (χ4n) is 4.83. The number of carbonyl (C=O) groups is 1. The van der Waals surface area contributed by atoms with Crippen molar-refractivity contribution in [1.82, 2.24) is 14.5 Å². The molecule has 0 bridgehead atoms. The van der Waals surface area contributed by atoms with Crippen molar-refractivity contribution in [3.8, 4) is 0 Å². The summed E-state index contributed by atoms with van der Waals surface area (Å²) >= 11 is 18.3. The van der Waals surface area contributed by atoms with E-state index in [-0.39, 0.29) is 17.3 Å². The number of nitrogens with one attached hydrogen (secondary N) is 2. The predicted molar refractivity (Wildman–Crippen MR) is 173 cm³/mol. The van der Waals surface area contributed by atoms with E-state index in [1.807, 2.05) is 0 Å². The third kappa shape index (κ3) is 9.07. The maximum Gasteiger partial charge on any atom is 0.255 e. The van der Waals surface area contributed by atoms with E-state index in [9.17, 15) is 13.2 Å². The summed E-state index contributed by atoms with van der Waals surface area (Å²) in [5.74, 6) is -0.374. The van der Waals surface area contributed by atoms with Crippen LogP contribution in [0.4, 0.5) is 11.4 Å². The van der Waals surface area contributed by atoms with E-state index in [0.717, 1.165) is 56.9 Å². The second kappa shape index (κ2) is 14.9. The van der Waals surface area contributed by atoms with Gasteiger partial charge in [0.1, 0.15) is 0 Å². The molecule has 1 heterocycles. The first-order valence-corrected chi connectivity index (χ1v) is 16.4. The van der Waals surface area contributed by atoms with E-state index in [1.165, 1.54) is 6.07 Å². The molecule has 3 aromatic carbocycles. The Labute approximate surface area is 263 Å². The number of benzene rings is 3. The van der Waals surface area contributed by atoms with Crippen LogP contribution in [0.2, 0.25) is 15.1 Å². The molecule has 0 unspecified atom stereocenters. The van der Waals surface area contributed by atoms with Crippen LogP contribution in [0.1, 0.15) is 22.3 Å². The molecule has 2 N–H and O–H groups in total. The molecular formula is C30H36Cl3N5O3S. The summed E-state index contributed by atoms with van der Waals surface area (Å²) in [6, 6.07) is 16.6. The Morgan fingerprint density at radius 3 is 2.36 bits per heavy atom. The van der Waals surface area contributed by atoms with Crippen molar-refractivity contribution >= 4 is 62.1 Å². The monoisotopic (exact) mass is 651 g/mol. The highest BCUT2D eigenvalue weighted by atomic mass is 35.5. The number of piperazine rings is 1. The number of hydrogen-bond acceptors (Lipinski definition) is 6. The zero-order valence-corrected chi connectivity index (χ0v) is 26.8. The predicted octanol–water partition coefficient (Wildman–Crippen LogP) is 5.49. The van der Waals surface area contributed by atoms with Gasteiger partial charge in [0.25, 0.3) is 5.91 Å². The number of nitrogens with zero attached hydrogens (tertiary/aromatic N) is 3. The van der Waals surface area contributed by atoms with Crippen molar-refractivity contribution in [2.45, 2.75) is 17.7 Å². The summed E-state index contributed by atoms with van der Waals surface area (Å²) < 4.78 is 29.2. The van der Waals surface area contributed by atoms with Gasteiger partial charge < -0.3 is 15.1 Å². The SMILES string of the molecule is CN(C)CCCN1CCN(c2ccc(S(=O)(=O)NCCc3ccc(Cl)cc3Cl)cc2NC(=O)c2cccc(Cl)c2)CC1. The molecule has 1 aliphatic rings. The van der Waals surface area contributed by atoms with Crippen molar-refractivity contribution in [3.05, 3.63) is 86.9 Å². The standard InChI is InChI=1S/C30H36Cl3N5O3S/c1-36(2)13-4-14-37-15-17-38(18-16-37)29-10-9-26(21-28(29)35-30(39)23-5-3-6-24(31)19-23)42(40,41)34-12-11-22-7-8-25(32)20-27(22)33/h3,5-10,19-21,34H,4,11-18H2,1-2H3,(H,35,39). The number of anilines is 2. The Balaban J connectivity index is 1.51. The van der Waals surface area contributed by atoms with Gasteiger partial charge in [0.15, 0.2) is 0 Å². The number of sulfonamides is 1. The van der Waals surface area contributed by atoms with E-state index < -0.39 is 10.0 Å². The van der Waals surface area contributed by atoms with Gasteiger partial charge in [-0.2, -0.15) is 0 Å². The number of rotatable bonds is 12.